The number of carbonyl (C=O) groups excluding carboxylic acids is 2. The molecule has 0 spiro atoms. The maximum absolute atomic E-state index is 13.6. The van der Waals surface area contributed by atoms with E-state index in [1.54, 1.807) is 25.1 Å². The highest BCUT2D eigenvalue weighted by molar-refractivity contribution is 7.92. The van der Waals surface area contributed by atoms with E-state index in [1.165, 1.54) is 24.0 Å². The Balaban J connectivity index is 2.50. The van der Waals surface area contributed by atoms with Crippen LogP contribution in [0, 0.1) is 17.0 Å². The minimum absolute atomic E-state index is 0.00347. The van der Waals surface area contributed by atoms with E-state index in [1.807, 2.05) is 13.8 Å². The molecule has 1 N–H and O–H groups in total. The highest BCUT2D eigenvalue weighted by atomic mass is 35.5. The van der Waals surface area contributed by atoms with Gasteiger partial charge in [-0.05, 0) is 50.5 Å². The van der Waals surface area contributed by atoms with Gasteiger partial charge in [0, 0.05) is 24.7 Å². The van der Waals surface area contributed by atoms with Gasteiger partial charge < -0.3 is 10.2 Å². The maximum atomic E-state index is 13.6. The largest absolute Gasteiger partial charge is 0.352 e. The molecule has 0 heterocycles. The number of rotatable bonds is 11. The van der Waals surface area contributed by atoms with Gasteiger partial charge in [0.2, 0.25) is 21.8 Å². The molecule has 2 amide bonds. The lowest BCUT2D eigenvalue weighted by atomic mass is 10.1. The number of nitro groups is 1. The molecule has 0 aliphatic rings. The van der Waals surface area contributed by atoms with Crippen LogP contribution in [0.1, 0.15) is 38.3 Å². The van der Waals surface area contributed by atoms with E-state index in [-0.39, 0.29) is 29.0 Å². The second-order valence-electron chi connectivity index (χ2n) is 8.76. The number of nitrogens with one attached hydrogen (secondary N) is 1. The fourth-order valence-corrected chi connectivity index (χ4v) is 4.68. The Bertz CT molecular complexity index is 1290. The average molecular weight is 573 g/mol. The van der Waals surface area contributed by atoms with E-state index in [9.17, 15) is 28.1 Å². The van der Waals surface area contributed by atoms with Gasteiger partial charge in [0.1, 0.15) is 12.6 Å². The number of nitrogens with zero attached hydrogens (tertiary/aromatic N) is 3. The number of benzene rings is 2. The van der Waals surface area contributed by atoms with Crippen LogP contribution in [-0.2, 0) is 26.2 Å². The summed E-state index contributed by atoms with van der Waals surface area (Å²) in [6.45, 7) is 6.11. The zero-order valence-electron chi connectivity index (χ0n) is 21.2. The Morgan fingerprint density at radius 2 is 1.76 bits per heavy atom. The summed E-state index contributed by atoms with van der Waals surface area (Å²) in [5, 5.41) is 14.7. The summed E-state index contributed by atoms with van der Waals surface area (Å²) >= 11 is 12.1. The Labute approximate surface area is 226 Å². The van der Waals surface area contributed by atoms with Crippen LogP contribution in [0.3, 0.4) is 0 Å². The van der Waals surface area contributed by atoms with Crippen molar-refractivity contribution in [2.24, 2.45) is 0 Å². The summed E-state index contributed by atoms with van der Waals surface area (Å²) in [7, 11) is -4.04. The van der Waals surface area contributed by atoms with Crippen molar-refractivity contribution < 1.29 is 22.9 Å². The number of amides is 2. The molecule has 0 aliphatic carbocycles. The molecule has 0 saturated carbocycles. The lowest BCUT2D eigenvalue weighted by Crippen LogP contribution is -2.52. The van der Waals surface area contributed by atoms with Gasteiger partial charge in [-0.15, -0.1) is 0 Å². The van der Waals surface area contributed by atoms with Crippen molar-refractivity contribution in [3.63, 3.8) is 0 Å². The molecule has 0 saturated heterocycles. The van der Waals surface area contributed by atoms with E-state index in [0.29, 0.717) is 22.6 Å². The quantitative estimate of drug-likeness (QED) is 0.315. The van der Waals surface area contributed by atoms with Gasteiger partial charge in [0.25, 0.3) is 5.69 Å². The number of anilines is 1. The predicted octanol–water partition coefficient (Wildman–Crippen LogP) is 4.31. The number of halogens is 2. The molecule has 37 heavy (non-hydrogen) atoms. The summed E-state index contributed by atoms with van der Waals surface area (Å²) < 4.78 is 26.3. The lowest BCUT2D eigenvalue weighted by Gasteiger charge is -2.32. The summed E-state index contributed by atoms with van der Waals surface area (Å²) in [5.41, 5.74) is 0.665. The van der Waals surface area contributed by atoms with Crippen LogP contribution in [0.25, 0.3) is 0 Å². The van der Waals surface area contributed by atoms with Crippen LogP contribution in [-0.4, -0.2) is 54.9 Å². The van der Waals surface area contributed by atoms with Crippen molar-refractivity contribution in [3.05, 3.63) is 67.7 Å². The van der Waals surface area contributed by atoms with Gasteiger partial charge in [-0.2, -0.15) is 0 Å². The minimum Gasteiger partial charge on any atom is -0.352 e. The topological polar surface area (TPSA) is 130 Å². The Hall–Kier alpha value is -2.89. The maximum Gasteiger partial charge on any atom is 0.271 e. The van der Waals surface area contributed by atoms with Crippen LogP contribution in [0.5, 0.6) is 0 Å². The van der Waals surface area contributed by atoms with Crippen LogP contribution in [0.15, 0.2) is 36.4 Å². The molecule has 2 rings (SSSR count). The third-order valence-electron chi connectivity index (χ3n) is 5.86. The SMILES string of the molecule is CC[C@@H](C)NC(=O)[C@@H](C)N(Cc1ccc(Cl)c(Cl)c1)C(=O)CN(c1cc([N+](=O)[O-])ccc1C)S(C)(=O)=O. The molecule has 0 aromatic heterocycles. The first-order chi connectivity index (χ1) is 17.1. The molecule has 2 aromatic rings. The molecule has 0 bridgehead atoms. The molecule has 0 fully saturated rings. The van der Waals surface area contributed by atoms with Crippen molar-refractivity contribution in [2.75, 3.05) is 17.1 Å². The molecule has 13 heteroatoms. The Morgan fingerprint density at radius 3 is 2.30 bits per heavy atom. The summed E-state index contributed by atoms with van der Waals surface area (Å²) in [6.07, 6.45) is 1.58. The highest BCUT2D eigenvalue weighted by Gasteiger charge is 2.31. The second-order valence-corrected chi connectivity index (χ2v) is 11.5. The second kappa shape index (κ2) is 12.6. The molecule has 0 unspecified atom stereocenters. The van der Waals surface area contributed by atoms with Crippen molar-refractivity contribution in [1.82, 2.24) is 10.2 Å². The zero-order valence-corrected chi connectivity index (χ0v) is 23.5. The fraction of sp³-hybridized carbons (Fsp3) is 0.417. The number of aryl methyl sites for hydroxylation is 1. The molecule has 2 atom stereocenters. The number of nitro benzene ring substituents is 1. The summed E-state index contributed by atoms with van der Waals surface area (Å²) in [4.78, 5) is 38.4. The third kappa shape index (κ3) is 8.05. The molecular formula is C24H30Cl2N4O6S. The van der Waals surface area contributed by atoms with Crippen LogP contribution < -0.4 is 9.62 Å². The van der Waals surface area contributed by atoms with Crippen molar-refractivity contribution in [1.29, 1.82) is 0 Å². The van der Waals surface area contributed by atoms with Gasteiger partial charge in [0.05, 0.1) is 26.9 Å². The van der Waals surface area contributed by atoms with Gasteiger partial charge >= 0.3 is 0 Å². The average Bonchev–Trinajstić information content (AvgIpc) is 2.82. The fourth-order valence-electron chi connectivity index (χ4n) is 3.46. The van der Waals surface area contributed by atoms with E-state index in [4.69, 9.17) is 23.2 Å². The molecule has 0 radical (unpaired) electrons. The molecule has 2 aromatic carbocycles. The van der Waals surface area contributed by atoms with Gasteiger partial charge in [-0.3, -0.25) is 24.0 Å². The normalized spacial score (nSPS) is 12.9. The number of hydrogen-bond donors (Lipinski definition) is 1. The summed E-state index contributed by atoms with van der Waals surface area (Å²) in [5.74, 6) is -1.10. The first-order valence-corrected chi connectivity index (χ1v) is 14.0. The standard InChI is InChI=1S/C24H30Cl2N4O6S/c1-6-16(3)27-24(32)17(4)28(13-18-8-10-20(25)21(26)11-18)23(31)14-29(37(5,35)36)22-12-19(30(33)34)9-7-15(22)2/h7-12,16-17H,6,13-14H2,1-5H3,(H,27,32)/t16-,17-/m1/s1. The molecule has 10 nitrogen and oxygen atoms in total. The summed E-state index contributed by atoms with van der Waals surface area (Å²) in [6, 6.07) is 7.41. The number of hydrogen-bond acceptors (Lipinski definition) is 6. The van der Waals surface area contributed by atoms with Gasteiger partial charge in [-0.25, -0.2) is 8.42 Å². The van der Waals surface area contributed by atoms with Crippen molar-refractivity contribution >= 4 is 56.4 Å². The smallest absolute Gasteiger partial charge is 0.271 e. The lowest BCUT2D eigenvalue weighted by molar-refractivity contribution is -0.384. The zero-order chi connectivity index (χ0) is 28.1. The van der Waals surface area contributed by atoms with E-state index < -0.39 is 39.3 Å². The van der Waals surface area contributed by atoms with E-state index in [2.05, 4.69) is 5.32 Å². The van der Waals surface area contributed by atoms with Crippen LogP contribution in [0.4, 0.5) is 11.4 Å². The Morgan fingerprint density at radius 1 is 1.11 bits per heavy atom. The predicted molar refractivity (Wildman–Crippen MR) is 144 cm³/mol. The molecule has 0 aliphatic heterocycles. The van der Waals surface area contributed by atoms with Crippen molar-refractivity contribution in [3.8, 4) is 0 Å². The van der Waals surface area contributed by atoms with E-state index >= 15 is 0 Å². The van der Waals surface area contributed by atoms with Gasteiger partial charge in [0.15, 0.2) is 0 Å². The third-order valence-corrected chi connectivity index (χ3v) is 7.72. The minimum atomic E-state index is -4.04. The van der Waals surface area contributed by atoms with E-state index in [0.717, 1.165) is 16.6 Å². The number of non-ortho nitro benzene ring substituents is 1. The monoisotopic (exact) mass is 572 g/mol. The van der Waals surface area contributed by atoms with Crippen LogP contribution >= 0.6 is 23.2 Å². The first-order valence-electron chi connectivity index (χ1n) is 11.4. The number of carbonyl (C=O) groups is 2. The number of sulfonamides is 1. The van der Waals surface area contributed by atoms with Crippen molar-refractivity contribution in [2.45, 2.75) is 52.7 Å². The van der Waals surface area contributed by atoms with Gasteiger partial charge in [-0.1, -0.05) is 42.3 Å². The Kier molecular flexibility index (Phi) is 10.3. The van der Waals surface area contributed by atoms with Crippen LogP contribution in [0.2, 0.25) is 10.0 Å². The molecule has 202 valence electrons. The highest BCUT2D eigenvalue weighted by Crippen LogP contribution is 2.28. The first kappa shape index (κ1) is 30.3. The molecular weight excluding hydrogens is 543 g/mol.